The van der Waals surface area contributed by atoms with Gasteiger partial charge in [0.05, 0.1) is 0 Å². The van der Waals surface area contributed by atoms with Gasteiger partial charge in [0.1, 0.15) is 0 Å². The van der Waals surface area contributed by atoms with Crippen molar-refractivity contribution in [3.63, 3.8) is 0 Å². The van der Waals surface area contributed by atoms with Gasteiger partial charge < -0.3 is 5.73 Å². The number of benzene rings is 1. The third-order valence-electron chi connectivity index (χ3n) is 4.92. The Labute approximate surface area is 130 Å². The highest BCUT2D eigenvalue weighted by atomic mass is 15.3. The lowest BCUT2D eigenvalue weighted by Gasteiger charge is -2.48. The Hall–Kier alpha value is -0.900. The molecule has 1 aliphatic heterocycles. The zero-order valence-electron chi connectivity index (χ0n) is 13.7. The lowest BCUT2D eigenvalue weighted by molar-refractivity contribution is 0.0297. The molecule has 21 heavy (non-hydrogen) atoms. The minimum absolute atomic E-state index is 0.169. The minimum atomic E-state index is 0.169. The number of nitrogens with zero attached hydrogens (tertiary/aromatic N) is 2. The van der Waals surface area contributed by atoms with Crippen molar-refractivity contribution in [2.24, 2.45) is 5.73 Å². The summed E-state index contributed by atoms with van der Waals surface area (Å²) in [7, 11) is 2.26. The number of rotatable bonds is 7. The summed E-state index contributed by atoms with van der Waals surface area (Å²) in [6.07, 6.45) is 4.99. The van der Waals surface area contributed by atoms with Gasteiger partial charge in [0, 0.05) is 25.2 Å². The van der Waals surface area contributed by atoms with Crippen LogP contribution in [0.25, 0.3) is 0 Å². The molecule has 1 aliphatic rings. The van der Waals surface area contributed by atoms with Gasteiger partial charge in [0.25, 0.3) is 0 Å². The summed E-state index contributed by atoms with van der Waals surface area (Å²) in [4.78, 5) is 5.10. The summed E-state index contributed by atoms with van der Waals surface area (Å²) in [5, 5.41) is 0. The van der Waals surface area contributed by atoms with E-state index in [2.05, 4.69) is 54.1 Å². The maximum Gasteiger partial charge on any atom is 0.0455 e. The van der Waals surface area contributed by atoms with Crippen molar-refractivity contribution in [3.05, 3.63) is 35.9 Å². The van der Waals surface area contributed by atoms with Crippen LogP contribution in [0, 0.1) is 0 Å². The van der Waals surface area contributed by atoms with Crippen LogP contribution >= 0.6 is 0 Å². The summed E-state index contributed by atoms with van der Waals surface area (Å²) < 4.78 is 0. The fraction of sp³-hybridized carbons (Fsp3) is 0.667. The molecule has 1 aromatic carbocycles. The molecule has 1 aromatic rings. The summed E-state index contributed by atoms with van der Waals surface area (Å²) >= 11 is 0. The van der Waals surface area contributed by atoms with Crippen LogP contribution in [-0.4, -0.2) is 48.6 Å². The third kappa shape index (κ3) is 4.29. The molecule has 1 fully saturated rings. The Morgan fingerprint density at radius 2 is 2.05 bits per heavy atom. The number of nitrogens with two attached hydrogens (primary N) is 1. The van der Waals surface area contributed by atoms with Crippen LogP contribution in [0.3, 0.4) is 0 Å². The molecule has 1 saturated heterocycles. The van der Waals surface area contributed by atoms with Crippen LogP contribution in [0.2, 0.25) is 0 Å². The lowest BCUT2D eigenvalue weighted by atomic mass is 9.87. The normalized spacial score (nSPS) is 23.6. The largest absolute Gasteiger partial charge is 0.329 e. The van der Waals surface area contributed by atoms with Crippen molar-refractivity contribution in [1.29, 1.82) is 0 Å². The van der Waals surface area contributed by atoms with Crippen LogP contribution in [0.4, 0.5) is 0 Å². The predicted molar refractivity (Wildman–Crippen MR) is 90.3 cm³/mol. The topological polar surface area (TPSA) is 32.5 Å². The Kier molecular flexibility index (Phi) is 6.22. The molecule has 0 aliphatic carbocycles. The van der Waals surface area contributed by atoms with Crippen molar-refractivity contribution >= 4 is 0 Å². The second kappa shape index (κ2) is 7.92. The highest BCUT2D eigenvalue weighted by Crippen LogP contribution is 2.27. The van der Waals surface area contributed by atoms with Gasteiger partial charge in [-0.05, 0) is 45.0 Å². The SMILES string of the molecule is CCCCN(C)C1(CN)CCCN(Cc2ccccc2)C1. The molecule has 0 spiro atoms. The number of hydrogen-bond donors (Lipinski definition) is 1. The van der Waals surface area contributed by atoms with Crippen LogP contribution in [-0.2, 0) is 6.54 Å². The Bertz CT molecular complexity index is 406. The smallest absolute Gasteiger partial charge is 0.0455 e. The number of likely N-dealkylation sites (N-methyl/N-ethyl adjacent to an activating group) is 1. The molecular formula is C18H31N3. The average Bonchev–Trinajstić information content (AvgIpc) is 2.53. The second-order valence-corrected chi connectivity index (χ2v) is 6.50. The maximum atomic E-state index is 6.20. The van der Waals surface area contributed by atoms with Gasteiger partial charge >= 0.3 is 0 Å². The molecule has 0 amide bonds. The summed E-state index contributed by atoms with van der Waals surface area (Å²) in [6, 6.07) is 10.8. The zero-order valence-corrected chi connectivity index (χ0v) is 13.7. The van der Waals surface area contributed by atoms with Gasteiger partial charge in [-0.1, -0.05) is 43.7 Å². The molecule has 3 heteroatoms. The van der Waals surface area contributed by atoms with E-state index in [1.54, 1.807) is 0 Å². The standard InChI is InChI=1S/C18H31N3/c1-3-4-12-20(2)18(15-19)11-8-13-21(16-18)14-17-9-6-5-7-10-17/h5-7,9-10H,3-4,8,11-16,19H2,1-2H3. The molecule has 0 radical (unpaired) electrons. The van der Waals surface area contributed by atoms with Gasteiger partial charge in [0.2, 0.25) is 0 Å². The third-order valence-corrected chi connectivity index (χ3v) is 4.92. The number of piperidine rings is 1. The van der Waals surface area contributed by atoms with E-state index >= 15 is 0 Å². The molecular weight excluding hydrogens is 258 g/mol. The fourth-order valence-electron chi connectivity index (χ4n) is 3.45. The van der Waals surface area contributed by atoms with Crippen molar-refractivity contribution in [2.45, 2.75) is 44.7 Å². The van der Waals surface area contributed by atoms with Crippen LogP contribution in [0.1, 0.15) is 38.2 Å². The fourth-order valence-corrected chi connectivity index (χ4v) is 3.45. The molecule has 1 unspecified atom stereocenters. The van der Waals surface area contributed by atoms with E-state index in [0.717, 1.165) is 26.2 Å². The molecule has 3 nitrogen and oxygen atoms in total. The van der Waals surface area contributed by atoms with Crippen molar-refractivity contribution < 1.29 is 0 Å². The Balaban J connectivity index is 2.00. The molecule has 0 bridgehead atoms. The maximum absolute atomic E-state index is 6.20. The second-order valence-electron chi connectivity index (χ2n) is 6.50. The van der Waals surface area contributed by atoms with Gasteiger partial charge in [-0.2, -0.15) is 0 Å². The molecule has 118 valence electrons. The summed E-state index contributed by atoms with van der Waals surface area (Å²) in [6.45, 7) is 7.51. The van der Waals surface area contributed by atoms with E-state index in [4.69, 9.17) is 5.73 Å². The summed E-state index contributed by atoms with van der Waals surface area (Å²) in [5.41, 5.74) is 7.77. The van der Waals surface area contributed by atoms with E-state index in [0.29, 0.717) is 0 Å². The zero-order chi connectivity index (χ0) is 15.1. The van der Waals surface area contributed by atoms with Crippen molar-refractivity contribution in [3.8, 4) is 0 Å². The number of hydrogen-bond acceptors (Lipinski definition) is 3. The highest BCUT2D eigenvalue weighted by molar-refractivity contribution is 5.15. The minimum Gasteiger partial charge on any atom is -0.329 e. The lowest BCUT2D eigenvalue weighted by Crippen LogP contribution is -2.61. The Morgan fingerprint density at radius 1 is 1.29 bits per heavy atom. The monoisotopic (exact) mass is 289 g/mol. The highest BCUT2D eigenvalue weighted by Gasteiger charge is 2.37. The predicted octanol–water partition coefficient (Wildman–Crippen LogP) is 2.71. The van der Waals surface area contributed by atoms with Gasteiger partial charge in [-0.25, -0.2) is 0 Å². The first-order chi connectivity index (χ1) is 10.2. The van der Waals surface area contributed by atoms with Gasteiger partial charge in [-0.15, -0.1) is 0 Å². The molecule has 1 heterocycles. The molecule has 0 saturated carbocycles. The first-order valence-electron chi connectivity index (χ1n) is 8.38. The first kappa shape index (κ1) is 16.5. The van der Waals surface area contributed by atoms with Crippen molar-refractivity contribution in [1.82, 2.24) is 9.80 Å². The summed E-state index contributed by atoms with van der Waals surface area (Å²) in [5.74, 6) is 0. The quantitative estimate of drug-likeness (QED) is 0.837. The van der Waals surface area contributed by atoms with Gasteiger partial charge in [0.15, 0.2) is 0 Å². The van der Waals surface area contributed by atoms with Gasteiger partial charge in [-0.3, -0.25) is 9.80 Å². The molecule has 0 aromatic heterocycles. The van der Waals surface area contributed by atoms with E-state index in [-0.39, 0.29) is 5.54 Å². The average molecular weight is 289 g/mol. The Morgan fingerprint density at radius 3 is 2.71 bits per heavy atom. The van der Waals surface area contributed by atoms with E-state index < -0.39 is 0 Å². The van der Waals surface area contributed by atoms with E-state index in [9.17, 15) is 0 Å². The van der Waals surface area contributed by atoms with Crippen LogP contribution in [0.5, 0.6) is 0 Å². The molecule has 1 atom stereocenters. The number of unbranched alkanes of at least 4 members (excludes halogenated alkanes) is 1. The van der Waals surface area contributed by atoms with E-state index in [1.807, 2.05) is 0 Å². The first-order valence-corrected chi connectivity index (χ1v) is 8.38. The van der Waals surface area contributed by atoms with Crippen LogP contribution in [0.15, 0.2) is 30.3 Å². The van der Waals surface area contributed by atoms with Crippen molar-refractivity contribution in [2.75, 3.05) is 33.2 Å². The van der Waals surface area contributed by atoms with E-state index in [1.165, 1.54) is 37.8 Å². The molecule has 2 N–H and O–H groups in total. The molecule has 2 rings (SSSR count). The number of likely N-dealkylation sites (tertiary alicyclic amines) is 1. The van der Waals surface area contributed by atoms with Crippen LogP contribution < -0.4 is 5.73 Å².